The number of carbonyl (C=O) groups excluding carboxylic acids is 1. The Morgan fingerprint density at radius 1 is 1.18 bits per heavy atom. The summed E-state index contributed by atoms with van der Waals surface area (Å²) in [6, 6.07) is -0.0879. The molecule has 0 spiro atoms. The fourth-order valence-electron chi connectivity index (χ4n) is 1.33. The van der Waals surface area contributed by atoms with Gasteiger partial charge < -0.3 is 20.1 Å². The number of nitrogens with two attached hydrogens (primary N) is 1. The van der Waals surface area contributed by atoms with E-state index in [-0.39, 0.29) is 11.9 Å². The number of nitrogens with zero attached hydrogens (tertiary/aromatic N) is 1. The maximum atomic E-state index is 12.0. The summed E-state index contributed by atoms with van der Waals surface area (Å²) in [6.07, 6.45) is 0.380. The summed E-state index contributed by atoms with van der Waals surface area (Å²) >= 11 is 0. The molecule has 0 aromatic rings. The van der Waals surface area contributed by atoms with Gasteiger partial charge in [0.15, 0.2) is 0 Å². The van der Waals surface area contributed by atoms with Gasteiger partial charge in [-0.3, -0.25) is 4.79 Å². The molecule has 0 heterocycles. The van der Waals surface area contributed by atoms with Gasteiger partial charge >= 0.3 is 0 Å². The summed E-state index contributed by atoms with van der Waals surface area (Å²) in [5.74, 6) is 0.381. The number of methoxy groups -OCH3 is 2. The first kappa shape index (κ1) is 16.4. The van der Waals surface area contributed by atoms with Crippen LogP contribution in [0.5, 0.6) is 0 Å². The van der Waals surface area contributed by atoms with Crippen molar-refractivity contribution in [3.8, 4) is 0 Å². The Morgan fingerprint density at radius 2 is 1.65 bits per heavy atom. The van der Waals surface area contributed by atoms with Crippen LogP contribution >= 0.6 is 0 Å². The van der Waals surface area contributed by atoms with Crippen molar-refractivity contribution in [2.75, 3.05) is 40.5 Å². The highest BCUT2D eigenvalue weighted by molar-refractivity contribution is 5.76. The van der Waals surface area contributed by atoms with Crippen LogP contribution < -0.4 is 5.73 Å². The average molecular weight is 246 g/mol. The Morgan fingerprint density at radius 3 is 2.00 bits per heavy atom. The van der Waals surface area contributed by atoms with Crippen LogP contribution in [0.4, 0.5) is 0 Å². The molecule has 1 atom stereocenters. The van der Waals surface area contributed by atoms with E-state index in [1.165, 1.54) is 0 Å². The van der Waals surface area contributed by atoms with Gasteiger partial charge in [0.2, 0.25) is 5.91 Å². The zero-order valence-corrected chi connectivity index (χ0v) is 11.4. The number of rotatable bonds is 9. The van der Waals surface area contributed by atoms with Crippen molar-refractivity contribution in [2.45, 2.75) is 26.3 Å². The molecule has 0 aromatic heterocycles. The lowest BCUT2D eigenvalue weighted by atomic mass is 10.0. The average Bonchev–Trinajstić information content (AvgIpc) is 2.28. The fraction of sp³-hybridized carbons (Fsp3) is 0.917. The van der Waals surface area contributed by atoms with Crippen LogP contribution in [0.3, 0.4) is 0 Å². The van der Waals surface area contributed by atoms with Crippen molar-refractivity contribution in [1.29, 1.82) is 0 Å². The molecule has 0 saturated heterocycles. The molecule has 102 valence electrons. The maximum Gasteiger partial charge on any atom is 0.224 e. The Hall–Kier alpha value is -0.650. The van der Waals surface area contributed by atoms with Crippen LogP contribution in [0.25, 0.3) is 0 Å². The molecule has 17 heavy (non-hydrogen) atoms. The largest absolute Gasteiger partial charge is 0.383 e. The number of amides is 1. The first-order valence-corrected chi connectivity index (χ1v) is 6.04. The molecule has 0 saturated carbocycles. The van der Waals surface area contributed by atoms with Crippen molar-refractivity contribution >= 4 is 5.91 Å². The summed E-state index contributed by atoms with van der Waals surface area (Å²) in [4.78, 5) is 13.7. The van der Waals surface area contributed by atoms with Gasteiger partial charge in [0, 0.05) is 39.8 Å². The number of hydrogen-bond donors (Lipinski definition) is 1. The Bertz CT molecular complexity index is 202. The zero-order chi connectivity index (χ0) is 13.3. The summed E-state index contributed by atoms with van der Waals surface area (Å²) in [5, 5.41) is 0. The molecule has 5 nitrogen and oxygen atoms in total. The standard InChI is InChI=1S/C12H26N2O3/c1-10(2)11(13)9-12(15)14(5-7-16-3)6-8-17-4/h10-11H,5-9,13H2,1-4H3. The Labute approximate surface area is 104 Å². The van der Waals surface area contributed by atoms with E-state index in [1.54, 1.807) is 19.1 Å². The van der Waals surface area contributed by atoms with Gasteiger partial charge in [-0.05, 0) is 5.92 Å². The van der Waals surface area contributed by atoms with E-state index in [0.717, 1.165) is 0 Å². The third kappa shape index (κ3) is 7.31. The molecule has 1 amide bonds. The molecule has 0 aliphatic heterocycles. The van der Waals surface area contributed by atoms with Crippen molar-refractivity contribution in [3.63, 3.8) is 0 Å². The van der Waals surface area contributed by atoms with E-state index in [1.807, 2.05) is 13.8 Å². The number of carbonyl (C=O) groups is 1. The van der Waals surface area contributed by atoms with Crippen molar-refractivity contribution in [2.24, 2.45) is 11.7 Å². The molecule has 0 aromatic carbocycles. The lowest BCUT2D eigenvalue weighted by Gasteiger charge is -2.24. The molecule has 0 rings (SSSR count). The molecular weight excluding hydrogens is 220 g/mol. The van der Waals surface area contributed by atoms with Gasteiger partial charge in [0.25, 0.3) is 0 Å². The van der Waals surface area contributed by atoms with E-state index in [4.69, 9.17) is 15.2 Å². The smallest absolute Gasteiger partial charge is 0.224 e. The third-order valence-electron chi connectivity index (χ3n) is 2.75. The number of hydrogen-bond acceptors (Lipinski definition) is 4. The van der Waals surface area contributed by atoms with E-state index < -0.39 is 0 Å². The Kier molecular flexibility index (Phi) is 9.03. The van der Waals surface area contributed by atoms with Crippen LogP contribution in [0.1, 0.15) is 20.3 Å². The van der Waals surface area contributed by atoms with Gasteiger partial charge in [-0.1, -0.05) is 13.8 Å². The topological polar surface area (TPSA) is 64.8 Å². The monoisotopic (exact) mass is 246 g/mol. The SMILES string of the molecule is COCCN(CCOC)C(=O)CC(N)C(C)C. The molecule has 0 aliphatic carbocycles. The van der Waals surface area contributed by atoms with Gasteiger partial charge in [0.05, 0.1) is 13.2 Å². The molecule has 2 N–H and O–H groups in total. The third-order valence-corrected chi connectivity index (χ3v) is 2.75. The summed E-state index contributed by atoms with van der Waals surface area (Å²) < 4.78 is 9.98. The van der Waals surface area contributed by atoms with Crippen LogP contribution in [-0.2, 0) is 14.3 Å². The predicted molar refractivity (Wildman–Crippen MR) is 67.8 cm³/mol. The first-order valence-electron chi connectivity index (χ1n) is 6.04. The van der Waals surface area contributed by atoms with E-state index in [0.29, 0.717) is 38.6 Å². The minimum absolute atomic E-state index is 0.0697. The summed E-state index contributed by atoms with van der Waals surface area (Å²) in [7, 11) is 3.25. The van der Waals surface area contributed by atoms with Crippen LogP contribution in [0.2, 0.25) is 0 Å². The summed E-state index contributed by atoms with van der Waals surface area (Å²) in [5.41, 5.74) is 5.90. The second-order valence-corrected chi connectivity index (χ2v) is 4.48. The van der Waals surface area contributed by atoms with Crippen molar-refractivity contribution < 1.29 is 14.3 Å². The predicted octanol–water partition coefficient (Wildman–Crippen LogP) is 0.481. The molecule has 0 fully saturated rings. The lowest BCUT2D eigenvalue weighted by molar-refractivity contribution is -0.133. The molecular formula is C12H26N2O3. The minimum Gasteiger partial charge on any atom is -0.383 e. The molecule has 1 unspecified atom stereocenters. The van der Waals surface area contributed by atoms with Crippen molar-refractivity contribution in [3.05, 3.63) is 0 Å². The quantitative estimate of drug-likeness (QED) is 0.643. The Balaban J connectivity index is 4.20. The van der Waals surface area contributed by atoms with Crippen LogP contribution in [0, 0.1) is 5.92 Å². The van der Waals surface area contributed by atoms with E-state index in [9.17, 15) is 4.79 Å². The van der Waals surface area contributed by atoms with E-state index >= 15 is 0 Å². The van der Waals surface area contributed by atoms with Crippen molar-refractivity contribution in [1.82, 2.24) is 4.90 Å². The molecule has 0 bridgehead atoms. The second kappa shape index (κ2) is 9.39. The fourth-order valence-corrected chi connectivity index (χ4v) is 1.33. The zero-order valence-electron chi connectivity index (χ0n) is 11.4. The van der Waals surface area contributed by atoms with Gasteiger partial charge in [-0.2, -0.15) is 0 Å². The molecule has 0 radical (unpaired) electrons. The second-order valence-electron chi connectivity index (χ2n) is 4.48. The number of ether oxygens (including phenoxy) is 2. The highest BCUT2D eigenvalue weighted by Gasteiger charge is 2.18. The lowest BCUT2D eigenvalue weighted by Crippen LogP contribution is -2.41. The van der Waals surface area contributed by atoms with Gasteiger partial charge in [0.1, 0.15) is 0 Å². The highest BCUT2D eigenvalue weighted by atomic mass is 16.5. The highest BCUT2D eigenvalue weighted by Crippen LogP contribution is 2.05. The van der Waals surface area contributed by atoms with Gasteiger partial charge in [-0.25, -0.2) is 0 Å². The maximum absolute atomic E-state index is 12.0. The molecule has 0 aliphatic rings. The summed E-state index contributed by atoms with van der Waals surface area (Å²) in [6.45, 7) is 6.28. The van der Waals surface area contributed by atoms with Gasteiger partial charge in [-0.15, -0.1) is 0 Å². The normalized spacial score (nSPS) is 12.8. The first-order chi connectivity index (χ1) is 8.02. The van der Waals surface area contributed by atoms with Crippen LogP contribution in [0.15, 0.2) is 0 Å². The minimum atomic E-state index is -0.0879. The van der Waals surface area contributed by atoms with Crippen LogP contribution in [-0.4, -0.2) is 57.4 Å². The molecule has 5 heteroatoms. The van der Waals surface area contributed by atoms with E-state index in [2.05, 4.69) is 0 Å².